The van der Waals surface area contributed by atoms with Crippen molar-refractivity contribution in [1.82, 2.24) is 14.7 Å². The van der Waals surface area contributed by atoms with Gasteiger partial charge in [-0.25, -0.2) is 0 Å². The molecular formula is C19H24N4O2. The first kappa shape index (κ1) is 17.2. The number of carbonyl (C=O) groups is 2. The first-order valence-electron chi connectivity index (χ1n) is 8.51. The Labute approximate surface area is 147 Å². The van der Waals surface area contributed by atoms with Gasteiger partial charge in [-0.2, -0.15) is 5.10 Å². The lowest BCUT2D eigenvalue weighted by Crippen LogP contribution is -2.44. The van der Waals surface area contributed by atoms with Crippen LogP contribution < -0.4 is 5.32 Å². The Kier molecular flexibility index (Phi) is 4.61. The first-order chi connectivity index (χ1) is 11.9. The van der Waals surface area contributed by atoms with Crippen LogP contribution >= 0.6 is 0 Å². The first-order valence-corrected chi connectivity index (χ1v) is 8.51. The number of hydrogen-bond donors (Lipinski definition) is 1. The molecule has 1 saturated heterocycles. The van der Waals surface area contributed by atoms with E-state index >= 15 is 0 Å². The summed E-state index contributed by atoms with van der Waals surface area (Å²) >= 11 is 0. The van der Waals surface area contributed by atoms with Gasteiger partial charge in [-0.05, 0) is 25.8 Å². The number of amides is 2. The molecule has 2 aromatic rings. The predicted molar refractivity (Wildman–Crippen MR) is 96.0 cm³/mol. The van der Waals surface area contributed by atoms with E-state index < -0.39 is 0 Å². The molecule has 1 N–H and O–H groups in total. The summed E-state index contributed by atoms with van der Waals surface area (Å²) in [6, 6.07) is 9.51. The molecule has 0 spiro atoms. The monoisotopic (exact) mass is 340 g/mol. The summed E-state index contributed by atoms with van der Waals surface area (Å²) in [6.07, 6.45) is 0.940. The summed E-state index contributed by atoms with van der Waals surface area (Å²) in [5.41, 5.74) is 3.46. The van der Waals surface area contributed by atoms with Gasteiger partial charge in [0.1, 0.15) is 0 Å². The van der Waals surface area contributed by atoms with Gasteiger partial charge in [0.2, 0.25) is 11.8 Å². The smallest absolute Gasteiger partial charge is 0.230 e. The molecule has 1 aliphatic rings. The summed E-state index contributed by atoms with van der Waals surface area (Å²) in [7, 11) is 3.64. The van der Waals surface area contributed by atoms with E-state index in [1.165, 1.54) is 0 Å². The number of aryl methyl sites for hydroxylation is 2. The summed E-state index contributed by atoms with van der Waals surface area (Å²) < 4.78 is 1.76. The summed E-state index contributed by atoms with van der Waals surface area (Å²) in [6.45, 7) is 3.81. The van der Waals surface area contributed by atoms with Crippen LogP contribution in [0.25, 0.3) is 0 Å². The Balaban J connectivity index is 1.90. The number of piperidine rings is 1. The molecule has 0 radical (unpaired) electrons. The largest absolute Gasteiger partial charge is 0.338 e. The van der Waals surface area contributed by atoms with E-state index in [0.717, 1.165) is 22.6 Å². The number of carbonyl (C=O) groups excluding carboxylic acids is 2. The third-order valence-electron chi connectivity index (χ3n) is 5.10. The van der Waals surface area contributed by atoms with E-state index in [1.54, 1.807) is 16.6 Å². The molecule has 0 saturated carbocycles. The molecule has 6 nitrogen and oxygen atoms in total. The van der Waals surface area contributed by atoms with Gasteiger partial charge in [-0.15, -0.1) is 0 Å². The maximum Gasteiger partial charge on any atom is 0.230 e. The van der Waals surface area contributed by atoms with Gasteiger partial charge in [-0.3, -0.25) is 14.3 Å². The number of likely N-dealkylation sites (tertiary alicyclic amines) is 1. The molecule has 2 heterocycles. The van der Waals surface area contributed by atoms with Crippen molar-refractivity contribution in [1.29, 1.82) is 0 Å². The zero-order chi connectivity index (χ0) is 18.1. The standard InChI is InChI=1S/C19H24N4O2/c1-12-17(13(2)23(4)21-12)20-19(25)15-10-11-16(24)22(3)18(15)14-8-6-5-7-9-14/h5-9,15,18H,10-11H2,1-4H3,(H,20,25)/t15-,18-/m0/s1. The second-order valence-electron chi connectivity index (χ2n) is 6.66. The van der Waals surface area contributed by atoms with Gasteiger partial charge in [0.15, 0.2) is 0 Å². The maximum absolute atomic E-state index is 13.0. The van der Waals surface area contributed by atoms with Crippen LogP contribution in [0.15, 0.2) is 30.3 Å². The number of benzene rings is 1. The molecule has 3 rings (SSSR count). The minimum atomic E-state index is -0.288. The Morgan fingerprint density at radius 3 is 2.48 bits per heavy atom. The average molecular weight is 340 g/mol. The Bertz CT molecular complexity index is 797. The van der Waals surface area contributed by atoms with Crippen molar-refractivity contribution < 1.29 is 9.59 Å². The fourth-order valence-electron chi connectivity index (χ4n) is 3.59. The number of hydrogen-bond acceptors (Lipinski definition) is 3. The molecule has 1 aromatic heterocycles. The highest BCUT2D eigenvalue weighted by Gasteiger charge is 2.39. The quantitative estimate of drug-likeness (QED) is 0.934. The maximum atomic E-state index is 13.0. The van der Waals surface area contributed by atoms with Crippen LogP contribution in [-0.4, -0.2) is 33.5 Å². The van der Waals surface area contributed by atoms with Crippen LogP contribution in [-0.2, 0) is 16.6 Å². The third kappa shape index (κ3) is 3.16. The van der Waals surface area contributed by atoms with E-state index in [1.807, 2.05) is 51.2 Å². The molecule has 1 fully saturated rings. The Morgan fingerprint density at radius 1 is 1.20 bits per heavy atom. The van der Waals surface area contributed by atoms with Crippen LogP contribution in [0.1, 0.15) is 35.8 Å². The molecule has 2 atom stereocenters. The zero-order valence-electron chi connectivity index (χ0n) is 15.1. The average Bonchev–Trinajstić information content (AvgIpc) is 2.84. The summed E-state index contributed by atoms with van der Waals surface area (Å²) in [5.74, 6) is -0.275. The number of anilines is 1. The van der Waals surface area contributed by atoms with E-state index in [-0.39, 0.29) is 23.8 Å². The molecular weight excluding hydrogens is 316 g/mol. The highest BCUT2D eigenvalue weighted by atomic mass is 16.2. The molecule has 6 heteroatoms. The minimum Gasteiger partial charge on any atom is -0.338 e. The lowest BCUT2D eigenvalue weighted by Gasteiger charge is -2.38. The predicted octanol–water partition coefficient (Wildman–Crippen LogP) is 2.59. The molecule has 2 amide bonds. The Morgan fingerprint density at radius 2 is 1.88 bits per heavy atom. The molecule has 132 valence electrons. The molecule has 0 aliphatic carbocycles. The lowest BCUT2D eigenvalue weighted by atomic mass is 9.84. The van der Waals surface area contributed by atoms with Crippen LogP contribution in [0.3, 0.4) is 0 Å². The summed E-state index contributed by atoms with van der Waals surface area (Å²) in [5, 5.41) is 7.39. The van der Waals surface area contributed by atoms with E-state index in [9.17, 15) is 9.59 Å². The molecule has 0 bridgehead atoms. The minimum absolute atomic E-state index is 0.0626. The van der Waals surface area contributed by atoms with Gasteiger partial charge in [-0.1, -0.05) is 30.3 Å². The van der Waals surface area contributed by atoms with Crippen molar-refractivity contribution in [3.05, 3.63) is 47.3 Å². The van der Waals surface area contributed by atoms with Crippen molar-refractivity contribution in [2.75, 3.05) is 12.4 Å². The van der Waals surface area contributed by atoms with Crippen LogP contribution in [0.5, 0.6) is 0 Å². The van der Waals surface area contributed by atoms with Gasteiger partial charge >= 0.3 is 0 Å². The van der Waals surface area contributed by atoms with Gasteiger partial charge in [0.25, 0.3) is 0 Å². The van der Waals surface area contributed by atoms with E-state index in [0.29, 0.717) is 12.8 Å². The highest BCUT2D eigenvalue weighted by Crippen LogP contribution is 2.36. The number of aromatic nitrogens is 2. The molecule has 0 unspecified atom stereocenters. The zero-order valence-corrected chi connectivity index (χ0v) is 15.1. The van der Waals surface area contributed by atoms with E-state index in [4.69, 9.17) is 0 Å². The van der Waals surface area contributed by atoms with Crippen molar-refractivity contribution >= 4 is 17.5 Å². The molecule has 25 heavy (non-hydrogen) atoms. The molecule has 1 aromatic carbocycles. The van der Waals surface area contributed by atoms with Crippen LogP contribution in [0.4, 0.5) is 5.69 Å². The van der Waals surface area contributed by atoms with Crippen molar-refractivity contribution in [2.24, 2.45) is 13.0 Å². The number of nitrogens with zero attached hydrogens (tertiary/aromatic N) is 3. The highest BCUT2D eigenvalue weighted by molar-refractivity contribution is 5.95. The van der Waals surface area contributed by atoms with Gasteiger partial charge < -0.3 is 10.2 Å². The van der Waals surface area contributed by atoms with E-state index in [2.05, 4.69) is 10.4 Å². The van der Waals surface area contributed by atoms with Gasteiger partial charge in [0, 0.05) is 20.5 Å². The lowest BCUT2D eigenvalue weighted by molar-refractivity contribution is -0.140. The van der Waals surface area contributed by atoms with Crippen LogP contribution in [0.2, 0.25) is 0 Å². The topological polar surface area (TPSA) is 67.2 Å². The number of rotatable bonds is 3. The molecule has 1 aliphatic heterocycles. The second-order valence-corrected chi connectivity index (χ2v) is 6.66. The second kappa shape index (κ2) is 6.70. The summed E-state index contributed by atoms with van der Waals surface area (Å²) in [4.78, 5) is 26.9. The van der Waals surface area contributed by atoms with Crippen LogP contribution in [0, 0.1) is 19.8 Å². The fourth-order valence-corrected chi connectivity index (χ4v) is 3.59. The van der Waals surface area contributed by atoms with Crippen molar-refractivity contribution in [3.63, 3.8) is 0 Å². The normalized spacial score (nSPS) is 20.6. The SMILES string of the molecule is Cc1nn(C)c(C)c1NC(=O)[C@H]1CCC(=O)N(C)[C@H]1c1ccccc1. The van der Waals surface area contributed by atoms with Crippen molar-refractivity contribution in [3.8, 4) is 0 Å². The van der Waals surface area contributed by atoms with Crippen molar-refractivity contribution in [2.45, 2.75) is 32.7 Å². The number of nitrogens with one attached hydrogen (secondary N) is 1. The Hall–Kier alpha value is -2.63. The van der Waals surface area contributed by atoms with Gasteiger partial charge in [0.05, 0.1) is 29.0 Å². The third-order valence-corrected chi connectivity index (χ3v) is 5.10. The fraction of sp³-hybridized carbons (Fsp3) is 0.421.